The van der Waals surface area contributed by atoms with E-state index in [9.17, 15) is 15.0 Å². The summed E-state index contributed by atoms with van der Waals surface area (Å²) in [6.07, 6.45) is -3.07. The van der Waals surface area contributed by atoms with Gasteiger partial charge in [0.05, 0.1) is 13.2 Å². The van der Waals surface area contributed by atoms with E-state index in [-0.39, 0.29) is 19.1 Å². The second kappa shape index (κ2) is 12.3. The minimum absolute atomic E-state index is 0.0718. The number of aliphatic hydroxyl groups is 2. The van der Waals surface area contributed by atoms with Crippen LogP contribution in [-0.4, -0.2) is 60.0 Å². The number of ether oxygens (including phenoxy) is 3. The van der Waals surface area contributed by atoms with Crippen molar-refractivity contribution in [1.29, 1.82) is 0 Å². The maximum absolute atomic E-state index is 11.7. The zero-order valence-corrected chi connectivity index (χ0v) is 20.8. The van der Waals surface area contributed by atoms with Gasteiger partial charge in [-0.1, -0.05) is 97.1 Å². The SMILES string of the molecule is C=CCOC1O[C@H](COC(c2ccccc2)(c2ccccc2)c2ccccc2)[C@@H](O)[C@H](O)[C@H]1NC(C)=O. The van der Waals surface area contributed by atoms with Crippen molar-refractivity contribution in [2.24, 2.45) is 0 Å². The van der Waals surface area contributed by atoms with E-state index in [1.54, 1.807) is 6.08 Å². The van der Waals surface area contributed by atoms with Gasteiger partial charge in [0.15, 0.2) is 6.29 Å². The molecule has 194 valence electrons. The minimum atomic E-state index is -1.33. The maximum atomic E-state index is 11.7. The molecule has 0 aliphatic carbocycles. The fraction of sp³-hybridized carbons (Fsp3) is 0.300. The van der Waals surface area contributed by atoms with E-state index < -0.39 is 36.2 Å². The van der Waals surface area contributed by atoms with E-state index in [2.05, 4.69) is 11.9 Å². The van der Waals surface area contributed by atoms with Gasteiger partial charge in [-0.15, -0.1) is 6.58 Å². The molecule has 5 atom stereocenters. The molecule has 1 aliphatic heterocycles. The molecule has 0 radical (unpaired) electrons. The average molecular weight is 504 g/mol. The highest BCUT2D eigenvalue weighted by molar-refractivity contribution is 5.73. The van der Waals surface area contributed by atoms with Gasteiger partial charge in [-0.3, -0.25) is 4.79 Å². The Balaban J connectivity index is 1.71. The van der Waals surface area contributed by atoms with Gasteiger partial charge in [0.25, 0.3) is 0 Å². The quantitative estimate of drug-likeness (QED) is 0.291. The molecule has 1 unspecified atom stereocenters. The lowest BCUT2D eigenvalue weighted by Gasteiger charge is -2.44. The predicted molar refractivity (Wildman–Crippen MR) is 140 cm³/mol. The normalized spacial score (nSPS) is 23.8. The molecule has 1 heterocycles. The average Bonchev–Trinajstić information content (AvgIpc) is 2.93. The molecule has 3 N–H and O–H groups in total. The van der Waals surface area contributed by atoms with Crippen LogP contribution in [0, 0.1) is 0 Å². The van der Waals surface area contributed by atoms with E-state index in [0.717, 1.165) is 16.7 Å². The Morgan fingerprint density at radius 1 is 0.919 bits per heavy atom. The molecule has 37 heavy (non-hydrogen) atoms. The number of benzene rings is 3. The zero-order chi connectivity index (χ0) is 26.3. The molecule has 4 rings (SSSR count). The van der Waals surface area contributed by atoms with Crippen molar-refractivity contribution < 1.29 is 29.2 Å². The molecule has 7 heteroatoms. The minimum Gasteiger partial charge on any atom is -0.388 e. The number of aliphatic hydroxyl groups excluding tert-OH is 2. The molecule has 1 amide bonds. The van der Waals surface area contributed by atoms with Gasteiger partial charge in [0.2, 0.25) is 5.91 Å². The summed E-state index contributed by atoms with van der Waals surface area (Å²) in [6.45, 7) is 5.04. The monoisotopic (exact) mass is 503 g/mol. The summed E-state index contributed by atoms with van der Waals surface area (Å²) in [6, 6.07) is 28.6. The van der Waals surface area contributed by atoms with Gasteiger partial charge in [-0.25, -0.2) is 0 Å². The summed E-state index contributed by atoms with van der Waals surface area (Å²) in [5, 5.41) is 24.5. The van der Waals surface area contributed by atoms with Crippen LogP contribution >= 0.6 is 0 Å². The van der Waals surface area contributed by atoms with Crippen LogP contribution in [0.15, 0.2) is 104 Å². The molecule has 0 aromatic heterocycles. The summed E-state index contributed by atoms with van der Waals surface area (Å²) in [5.41, 5.74) is 1.67. The molecule has 1 fully saturated rings. The number of nitrogens with one attached hydrogen (secondary N) is 1. The zero-order valence-electron chi connectivity index (χ0n) is 20.8. The van der Waals surface area contributed by atoms with Gasteiger partial charge in [-0.2, -0.15) is 0 Å². The molecule has 7 nitrogen and oxygen atoms in total. The van der Waals surface area contributed by atoms with Crippen molar-refractivity contribution in [2.75, 3.05) is 13.2 Å². The van der Waals surface area contributed by atoms with Crippen LogP contribution in [-0.2, 0) is 24.6 Å². The van der Waals surface area contributed by atoms with Crippen LogP contribution in [0.1, 0.15) is 23.6 Å². The standard InChI is InChI=1S/C30H33NO6/c1-3-19-35-29-26(31-21(2)32)28(34)27(33)25(37-29)20-36-30(22-13-7-4-8-14-22,23-15-9-5-10-16-23)24-17-11-6-12-18-24/h3-18,25-29,33-34H,1,19-20H2,2H3,(H,31,32)/t25-,26-,27-,28-,29?/m1/s1. The second-order valence-corrected chi connectivity index (χ2v) is 8.96. The van der Waals surface area contributed by atoms with Gasteiger partial charge < -0.3 is 29.7 Å². The van der Waals surface area contributed by atoms with Gasteiger partial charge in [0, 0.05) is 6.92 Å². The van der Waals surface area contributed by atoms with Crippen molar-refractivity contribution in [3.05, 3.63) is 120 Å². The van der Waals surface area contributed by atoms with Gasteiger partial charge >= 0.3 is 0 Å². The van der Waals surface area contributed by atoms with Gasteiger partial charge in [-0.05, 0) is 16.7 Å². The smallest absolute Gasteiger partial charge is 0.217 e. The number of amides is 1. The van der Waals surface area contributed by atoms with E-state index in [0.29, 0.717) is 0 Å². The van der Waals surface area contributed by atoms with Crippen LogP contribution in [0.2, 0.25) is 0 Å². The Kier molecular flexibility index (Phi) is 8.87. The highest BCUT2D eigenvalue weighted by Crippen LogP contribution is 2.41. The Labute approximate surface area is 217 Å². The van der Waals surface area contributed by atoms with Crippen molar-refractivity contribution >= 4 is 5.91 Å². The summed E-state index contributed by atoms with van der Waals surface area (Å²) < 4.78 is 18.5. The van der Waals surface area contributed by atoms with Crippen molar-refractivity contribution in [3.8, 4) is 0 Å². The van der Waals surface area contributed by atoms with Crippen molar-refractivity contribution in [3.63, 3.8) is 0 Å². The Morgan fingerprint density at radius 2 is 1.41 bits per heavy atom. The number of hydrogen-bond acceptors (Lipinski definition) is 6. The first-order chi connectivity index (χ1) is 18.0. The van der Waals surface area contributed by atoms with Crippen LogP contribution in [0.5, 0.6) is 0 Å². The third-order valence-corrected chi connectivity index (χ3v) is 6.45. The van der Waals surface area contributed by atoms with E-state index >= 15 is 0 Å². The van der Waals surface area contributed by atoms with Crippen LogP contribution < -0.4 is 5.32 Å². The Hall–Kier alpha value is -3.33. The second-order valence-electron chi connectivity index (χ2n) is 8.96. The third-order valence-electron chi connectivity index (χ3n) is 6.45. The van der Waals surface area contributed by atoms with Crippen LogP contribution in [0.25, 0.3) is 0 Å². The topological polar surface area (TPSA) is 97.2 Å². The molecule has 0 bridgehead atoms. The van der Waals surface area contributed by atoms with Crippen molar-refractivity contribution in [1.82, 2.24) is 5.32 Å². The summed E-state index contributed by atoms with van der Waals surface area (Å²) >= 11 is 0. The molecular formula is C30H33NO6. The molecule has 3 aromatic carbocycles. The predicted octanol–water partition coefficient (Wildman–Crippen LogP) is 3.15. The number of carbonyl (C=O) groups excluding carboxylic acids is 1. The summed E-state index contributed by atoms with van der Waals surface area (Å²) in [7, 11) is 0. The third kappa shape index (κ3) is 5.82. The number of carbonyl (C=O) groups is 1. The maximum Gasteiger partial charge on any atom is 0.217 e. The fourth-order valence-corrected chi connectivity index (χ4v) is 4.74. The molecule has 1 aliphatic rings. The lowest BCUT2D eigenvalue weighted by molar-refractivity contribution is -0.273. The van der Waals surface area contributed by atoms with E-state index in [4.69, 9.17) is 14.2 Å². The van der Waals surface area contributed by atoms with E-state index in [1.807, 2.05) is 91.0 Å². The Bertz CT molecular complexity index is 1040. The first-order valence-corrected chi connectivity index (χ1v) is 12.3. The largest absolute Gasteiger partial charge is 0.388 e. The number of hydrogen-bond donors (Lipinski definition) is 3. The molecule has 0 spiro atoms. The molecule has 1 saturated heterocycles. The summed E-state index contributed by atoms with van der Waals surface area (Å²) in [4.78, 5) is 11.7. The van der Waals surface area contributed by atoms with Crippen LogP contribution in [0.3, 0.4) is 0 Å². The first-order valence-electron chi connectivity index (χ1n) is 12.3. The fourth-order valence-electron chi connectivity index (χ4n) is 4.74. The lowest BCUT2D eigenvalue weighted by Crippen LogP contribution is -2.64. The van der Waals surface area contributed by atoms with Crippen molar-refractivity contribution in [2.45, 2.75) is 43.2 Å². The summed E-state index contributed by atoms with van der Waals surface area (Å²) in [5.74, 6) is -0.377. The van der Waals surface area contributed by atoms with E-state index in [1.165, 1.54) is 6.92 Å². The highest BCUT2D eigenvalue weighted by atomic mass is 16.7. The first kappa shape index (κ1) is 26.7. The van der Waals surface area contributed by atoms with Gasteiger partial charge in [0.1, 0.15) is 30.0 Å². The lowest BCUT2D eigenvalue weighted by atomic mass is 9.80. The molecule has 3 aromatic rings. The Morgan fingerprint density at radius 3 is 1.84 bits per heavy atom. The van der Waals surface area contributed by atoms with Crippen LogP contribution in [0.4, 0.5) is 0 Å². The number of rotatable bonds is 10. The highest BCUT2D eigenvalue weighted by Gasteiger charge is 2.47. The molecule has 0 saturated carbocycles. The molecular weight excluding hydrogens is 470 g/mol.